The van der Waals surface area contributed by atoms with Gasteiger partial charge in [-0.2, -0.15) is 0 Å². The van der Waals surface area contributed by atoms with Crippen LogP contribution in [0.25, 0.3) is 0 Å². The van der Waals surface area contributed by atoms with Crippen molar-refractivity contribution in [3.8, 4) is 0 Å². The summed E-state index contributed by atoms with van der Waals surface area (Å²) in [6, 6.07) is 6.15. The Bertz CT molecular complexity index is 881. The minimum atomic E-state index is -3.59. The summed E-state index contributed by atoms with van der Waals surface area (Å²) in [6.45, 7) is 5.37. The normalized spacial score (nSPS) is 12.4. The number of aliphatic imine (C=N–C) groups is 1. The Morgan fingerprint density at radius 2 is 2.07 bits per heavy atom. The van der Waals surface area contributed by atoms with Gasteiger partial charge in [-0.3, -0.25) is 4.99 Å². The Labute approximate surface area is 169 Å². The molecular weight excluding hydrogens is 406 g/mol. The minimum Gasteiger partial charge on any atom is -0.355 e. The predicted molar refractivity (Wildman–Crippen MR) is 111 cm³/mol. The average molecular weight is 430 g/mol. The van der Waals surface area contributed by atoms with E-state index in [1.807, 2.05) is 0 Å². The van der Waals surface area contributed by atoms with Crippen LogP contribution >= 0.6 is 22.9 Å². The van der Waals surface area contributed by atoms with Crippen molar-refractivity contribution in [3.63, 3.8) is 0 Å². The number of nitrogens with one attached hydrogen (secondary N) is 3. The molecule has 0 saturated carbocycles. The van der Waals surface area contributed by atoms with Crippen LogP contribution in [0.15, 0.2) is 39.5 Å². The number of nitrogens with zero attached hydrogens (tertiary/aromatic N) is 2. The van der Waals surface area contributed by atoms with Crippen LogP contribution in [0.4, 0.5) is 0 Å². The molecule has 0 amide bonds. The maximum absolute atomic E-state index is 12.2. The molecule has 27 heavy (non-hydrogen) atoms. The maximum Gasteiger partial charge on any atom is 0.240 e. The zero-order valence-electron chi connectivity index (χ0n) is 15.5. The molecule has 148 valence electrons. The molecule has 10 heteroatoms. The predicted octanol–water partition coefficient (Wildman–Crippen LogP) is 2.56. The van der Waals surface area contributed by atoms with E-state index in [1.54, 1.807) is 30.5 Å². The highest BCUT2D eigenvalue weighted by molar-refractivity contribution is 7.89. The van der Waals surface area contributed by atoms with Crippen LogP contribution in [-0.4, -0.2) is 39.5 Å². The SMILES string of the molecule is CN=C(NCCNS(=O)(=O)c1cccc(Cl)c1)NCc1nc(C(C)C)cs1. The van der Waals surface area contributed by atoms with Crippen LogP contribution in [0.1, 0.15) is 30.5 Å². The minimum absolute atomic E-state index is 0.141. The largest absolute Gasteiger partial charge is 0.355 e. The molecule has 0 unspecified atom stereocenters. The van der Waals surface area contributed by atoms with E-state index in [1.165, 1.54) is 12.1 Å². The van der Waals surface area contributed by atoms with Crippen molar-refractivity contribution in [1.29, 1.82) is 0 Å². The summed E-state index contributed by atoms with van der Waals surface area (Å²) in [6.07, 6.45) is 0. The molecule has 0 bridgehead atoms. The van der Waals surface area contributed by atoms with Crippen LogP contribution in [-0.2, 0) is 16.6 Å². The zero-order chi connectivity index (χ0) is 19.9. The number of aromatic nitrogens is 1. The highest BCUT2D eigenvalue weighted by atomic mass is 35.5. The highest BCUT2D eigenvalue weighted by Crippen LogP contribution is 2.17. The second kappa shape index (κ2) is 10.0. The molecule has 1 aromatic heterocycles. The van der Waals surface area contributed by atoms with Crippen LogP contribution in [0, 0.1) is 0 Å². The first-order chi connectivity index (χ1) is 12.8. The molecule has 1 heterocycles. The Morgan fingerprint density at radius 1 is 1.30 bits per heavy atom. The first kappa shape index (κ1) is 21.6. The smallest absolute Gasteiger partial charge is 0.240 e. The van der Waals surface area contributed by atoms with E-state index in [4.69, 9.17) is 11.6 Å². The van der Waals surface area contributed by atoms with E-state index in [0.29, 0.717) is 30.0 Å². The average Bonchev–Trinajstić information content (AvgIpc) is 3.10. The van der Waals surface area contributed by atoms with Crippen molar-refractivity contribution >= 4 is 38.9 Å². The summed E-state index contributed by atoms with van der Waals surface area (Å²) >= 11 is 7.45. The number of halogens is 1. The van der Waals surface area contributed by atoms with Gasteiger partial charge >= 0.3 is 0 Å². The Morgan fingerprint density at radius 3 is 2.70 bits per heavy atom. The van der Waals surface area contributed by atoms with E-state index >= 15 is 0 Å². The summed E-state index contributed by atoms with van der Waals surface area (Å²) in [4.78, 5) is 8.82. The van der Waals surface area contributed by atoms with Crippen LogP contribution < -0.4 is 15.4 Å². The van der Waals surface area contributed by atoms with Crippen molar-refractivity contribution < 1.29 is 8.42 Å². The molecule has 7 nitrogen and oxygen atoms in total. The lowest BCUT2D eigenvalue weighted by Gasteiger charge is -2.12. The van der Waals surface area contributed by atoms with Gasteiger partial charge in [-0.15, -0.1) is 11.3 Å². The number of rotatable bonds is 8. The van der Waals surface area contributed by atoms with Gasteiger partial charge in [0.2, 0.25) is 10.0 Å². The van der Waals surface area contributed by atoms with Crippen molar-refractivity contribution in [2.24, 2.45) is 4.99 Å². The highest BCUT2D eigenvalue weighted by Gasteiger charge is 2.13. The summed E-state index contributed by atoms with van der Waals surface area (Å²) in [7, 11) is -1.93. The summed E-state index contributed by atoms with van der Waals surface area (Å²) in [5.41, 5.74) is 1.08. The third-order valence-electron chi connectivity index (χ3n) is 3.61. The van der Waals surface area contributed by atoms with Gasteiger partial charge in [-0.05, 0) is 24.1 Å². The molecule has 0 aliphatic carbocycles. The summed E-state index contributed by atoms with van der Waals surface area (Å²) in [5, 5.41) is 9.65. The monoisotopic (exact) mass is 429 g/mol. The van der Waals surface area contributed by atoms with Crippen molar-refractivity contribution in [2.75, 3.05) is 20.1 Å². The van der Waals surface area contributed by atoms with Crippen molar-refractivity contribution in [1.82, 2.24) is 20.3 Å². The quantitative estimate of drug-likeness (QED) is 0.340. The van der Waals surface area contributed by atoms with Gasteiger partial charge in [0.1, 0.15) is 5.01 Å². The Hall–Kier alpha value is -1.68. The first-order valence-corrected chi connectivity index (χ1v) is 11.2. The summed E-state index contributed by atoms with van der Waals surface area (Å²) < 4.78 is 27.0. The number of hydrogen-bond donors (Lipinski definition) is 3. The molecule has 0 aliphatic rings. The fourth-order valence-corrected chi connectivity index (χ4v) is 4.36. The lowest BCUT2D eigenvalue weighted by atomic mass is 10.2. The molecule has 2 aromatic rings. The van der Waals surface area contributed by atoms with Gasteiger partial charge in [0.15, 0.2) is 5.96 Å². The molecule has 0 aliphatic heterocycles. The van der Waals surface area contributed by atoms with Crippen LogP contribution in [0.5, 0.6) is 0 Å². The molecule has 1 aromatic carbocycles. The Kier molecular flexibility index (Phi) is 8.03. The molecular formula is C17H24ClN5O2S2. The second-order valence-electron chi connectivity index (χ2n) is 6.03. The topological polar surface area (TPSA) is 95.5 Å². The molecule has 0 saturated heterocycles. The number of benzene rings is 1. The maximum atomic E-state index is 12.2. The van der Waals surface area contributed by atoms with E-state index < -0.39 is 10.0 Å². The standard InChI is InChI=1S/C17H24ClN5O2S2/c1-12(2)15-11-26-16(23-15)10-21-17(19-3)20-7-8-22-27(24,25)14-6-4-5-13(18)9-14/h4-6,9,11-12,22H,7-8,10H2,1-3H3,(H2,19,20,21). The van der Waals surface area contributed by atoms with Gasteiger partial charge in [-0.1, -0.05) is 31.5 Å². The number of sulfonamides is 1. The summed E-state index contributed by atoms with van der Waals surface area (Å²) in [5.74, 6) is 0.984. The van der Waals surface area contributed by atoms with E-state index in [9.17, 15) is 8.42 Å². The number of thiazole rings is 1. The third-order valence-corrected chi connectivity index (χ3v) is 6.17. The second-order valence-corrected chi connectivity index (χ2v) is 9.17. The van der Waals surface area contributed by atoms with Gasteiger partial charge in [-0.25, -0.2) is 18.1 Å². The van der Waals surface area contributed by atoms with Crippen LogP contribution in [0.3, 0.4) is 0 Å². The fraction of sp³-hybridized carbons (Fsp3) is 0.412. The van der Waals surface area contributed by atoms with Gasteiger partial charge < -0.3 is 10.6 Å². The lowest BCUT2D eigenvalue weighted by molar-refractivity contribution is 0.580. The van der Waals surface area contributed by atoms with E-state index in [2.05, 4.69) is 44.6 Å². The fourth-order valence-electron chi connectivity index (χ4n) is 2.14. The van der Waals surface area contributed by atoms with Crippen molar-refractivity contribution in [3.05, 3.63) is 45.4 Å². The molecule has 0 spiro atoms. The molecule has 0 atom stereocenters. The van der Waals surface area contributed by atoms with E-state index in [-0.39, 0.29) is 11.4 Å². The molecule has 0 radical (unpaired) electrons. The molecule has 0 fully saturated rings. The number of hydrogen-bond acceptors (Lipinski definition) is 5. The number of guanidine groups is 1. The van der Waals surface area contributed by atoms with Gasteiger partial charge in [0.25, 0.3) is 0 Å². The molecule has 3 N–H and O–H groups in total. The van der Waals surface area contributed by atoms with Gasteiger partial charge in [0, 0.05) is 30.5 Å². The van der Waals surface area contributed by atoms with Crippen LogP contribution in [0.2, 0.25) is 5.02 Å². The first-order valence-electron chi connectivity index (χ1n) is 8.46. The zero-order valence-corrected chi connectivity index (χ0v) is 17.9. The van der Waals surface area contributed by atoms with Crippen molar-refractivity contribution in [2.45, 2.75) is 31.2 Å². The Balaban J connectivity index is 1.77. The van der Waals surface area contributed by atoms with Gasteiger partial charge in [0.05, 0.1) is 17.1 Å². The third kappa shape index (κ3) is 6.76. The molecule has 2 rings (SSSR count). The van der Waals surface area contributed by atoms with E-state index in [0.717, 1.165) is 10.7 Å². The lowest BCUT2D eigenvalue weighted by Crippen LogP contribution is -2.41.